The van der Waals surface area contributed by atoms with Gasteiger partial charge in [-0.15, -0.1) is 11.3 Å². The largest absolute Gasteiger partial charge is 0.354 e. The Kier molecular flexibility index (Phi) is 5.85. The number of pyridine rings is 1. The first-order chi connectivity index (χ1) is 13.0. The molecular formula is C19H23N5O2S. The van der Waals surface area contributed by atoms with Crippen molar-refractivity contribution in [2.45, 2.75) is 27.3 Å². The van der Waals surface area contributed by atoms with E-state index < -0.39 is 0 Å². The minimum atomic E-state index is -0.199. The molecule has 0 spiro atoms. The number of fused-ring (bicyclic) bond motifs is 1. The zero-order valence-electron chi connectivity index (χ0n) is 15.7. The molecule has 27 heavy (non-hydrogen) atoms. The molecule has 0 aliphatic heterocycles. The van der Waals surface area contributed by atoms with E-state index in [1.165, 1.54) is 0 Å². The summed E-state index contributed by atoms with van der Waals surface area (Å²) < 4.78 is 1.78. The molecule has 0 saturated carbocycles. The van der Waals surface area contributed by atoms with Crippen molar-refractivity contribution in [3.8, 4) is 10.6 Å². The Morgan fingerprint density at radius 2 is 2.04 bits per heavy atom. The van der Waals surface area contributed by atoms with Crippen LogP contribution in [0.1, 0.15) is 31.1 Å². The molecular weight excluding hydrogens is 362 g/mol. The van der Waals surface area contributed by atoms with Crippen molar-refractivity contribution in [2.75, 3.05) is 13.1 Å². The van der Waals surface area contributed by atoms with Crippen molar-refractivity contribution < 1.29 is 9.59 Å². The second kappa shape index (κ2) is 8.30. The number of hydrogen-bond acceptors (Lipinski definition) is 5. The van der Waals surface area contributed by atoms with Crippen LogP contribution in [-0.2, 0) is 11.3 Å². The van der Waals surface area contributed by atoms with Crippen LogP contribution in [0.5, 0.6) is 0 Å². The van der Waals surface area contributed by atoms with Crippen LogP contribution in [0.2, 0.25) is 0 Å². The Labute approximate surface area is 161 Å². The molecule has 7 nitrogen and oxygen atoms in total. The molecule has 142 valence electrons. The van der Waals surface area contributed by atoms with E-state index in [0.29, 0.717) is 30.8 Å². The summed E-state index contributed by atoms with van der Waals surface area (Å²) in [5, 5.41) is 12.7. The van der Waals surface area contributed by atoms with Gasteiger partial charge in [0.15, 0.2) is 5.65 Å². The van der Waals surface area contributed by atoms with Crippen LogP contribution >= 0.6 is 11.3 Å². The number of nitrogens with zero attached hydrogens (tertiary/aromatic N) is 3. The fourth-order valence-electron chi connectivity index (χ4n) is 2.68. The van der Waals surface area contributed by atoms with Gasteiger partial charge in [-0.1, -0.05) is 19.9 Å². The molecule has 0 saturated heterocycles. The average Bonchev–Trinajstić information content (AvgIpc) is 3.33. The average molecular weight is 385 g/mol. The SMILES string of the molecule is CCn1ncc2c(C(=O)NCCNC(=O)C(C)C)cc(-c3cccs3)nc21. The van der Waals surface area contributed by atoms with Crippen molar-refractivity contribution in [1.82, 2.24) is 25.4 Å². The van der Waals surface area contributed by atoms with Gasteiger partial charge in [0.25, 0.3) is 5.91 Å². The van der Waals surface area contributed by atoms with Gasteiger partial charge in [-0.2, -0.15) is 5.10 Å². The van der Waals surface area contributed by atoms with E-state index in [0.717, 1.165) is 16.0 Å². The van der Waals surface area contributed by atoms with Crippen LogP contribution in [0.4, 0.5) is 0 Å². The van der Waals surface area contributed by atoms with Gasteiger partial charge < -0.3 is 10.6 Å². The summed E-state index contributed by atoms with van der Waals surface area (Å²) >= 11 is 1.58. The Morgan fingerprint density at radius 1 is 1.26 bits per heavy atom. The first kappa shape index (κ1) is 19.0. The summed E-state index contributed by atoms with van der Waals surface area (Å²) in [7, 11) is 0. The van der Waals surface area contributed by atoms with Crippen molar-refractivity contribution in [3.63, 3.8) is 0 Å². The van der Waals surface area contributed by atoms with Crippen LogP contribution < -0.4 is 10.6 Å². The lowest BCUT2D eigenvalue weighted by Crippen LogP contribution is -2.36. The van der Waals surface area contributed by atoms with Crippen LogP contribution in [-0.4, -0.2) is 39.7 Å². The van der Waals surface area contributed by atoms with E-state index in [9.17, 15) is 9.59 Å². The third-order valence-electron chi connectivity index (χ3n) is 4.16. The Balaban J connectivity index is 1.83. The van der Waals surface area contributed by atoms with E-state index in [1.807, 2.05) is 38.3 Å². The highest BCUT2D eigenvalue weighted by Gasteiger charge is 2.17. The summed E-state index contributed by atoms with van der Waals surface area (Å²) in [5.41, 5.74) is 1.99. The molecule has 0 aliphatic carbocycles. The smallest absolute Gasteiger partial charge is 0.252 e. The number of hydrogen-bond donors (Lipinski definition) is 2. The number of aryl methyl sites for hydroxylation is 1. The fourth-order valence-corrected chi connectivity index (χ4v) is 3.36. The normalized spacial score (nSPS) is 11.1. The lowest BCUT2D eigenvalue weighted by molar-refractivity contribution is -0.123. The van der Waals surface area contributed by atoms with Gasteiger partial charge in [-0.3, -0.25) is 9.59 Å². The lowest BCUT2D eigenvalue weighted by atomic mass is 10.1. The molecule has 2 N–H and O–H groups in total. The highest BCUT2D eigenvalue weighted by molar-refractivity contribution is 7.13. The maximum absolute atomic E-state index is 12.8. The maximum Gasteiger partial charge on any atom is 0.252 e. The van der Waals surface area contributed by atoms with E-state index in [-0.39, 0.29) is 17.7 Å². The number of nitrogens with one attached hydrogen (secondary N) is 2. The zero-order valence-corrected chi connectivity index (χ0v) is 16.5. The van der Waals surface area contributed by atoms with E-state index in [2.05, 4.69) is 15.7 Å². The van der Waals surface area contributed by atoms with Crippen LogP contribution in [0.15, 0.2) is 29.8 Å². The minimum Gasteiger partial charge on any atom is -0.354 e. The quantitative estimate of drug-likeness (QED) is 0.612. The molecule has 3 heterocycles. The number of carbonyl (C=O) groups is 2. The first-order valence-corrected chi connectivity index (χ1v) is 9.85. The molecule has 0 atom stereocenters. The first-order valence-electron chi connectivity index (χ1n) is 8.97. The standard InChI is InChI=1S/C19H23N5O2S/c1-4-24-17-14(11-22-24)13(10-15(23-17)16-6-5-9-27-16)19(26)21-8-7-20-18(25)12(2)3/h5-6,9-12H,4,7-8H2,1-3H3,(H,20,25)(H,21,26). The summed E-state index contributed by atoms with van der Waals surface area (Å²) in [6.07, 6.45) is 1.68. The molecule has 3 rings (SSSR count). The highest BCUT2D eigenvalue weighted by Crippen LogP contribution is 2.27. The highest BCUT2D eigenvalue weighted by atomic mass is 32.1. The lowest BCUT2D eigenvalue weighted by Gasteiger charge is -2.10. The molecule has 2 amide bonds. The van der Waals surface area contributed by atoms with Crippen molar-refractivity contribution in [3.05, 3.63) is 35.3 Å². The molecule has 3 aromatic rings. The van der Waals surface area contributed by atoms with Gasteiger partial charge in [0.1, 0.15) is 0 Å². The number of carbonyl (C=O) groups excluding carboxylic acids is 2. The molecule has 0 bridgehead atoms. The van der Waals surface area contributed by atoms with Crippen molar-refractivity contribution >= 4 is 34.2 Å². The van der Waals surface area contributed by atoms with Gasteiger partial charge in [0, 0.05) is 25.6 Å². The van der Waals surface area contributed by atoms with Crippen molar-refractivity contribution in [1.29, 1.82) is 0 Å². The molecule has 0 unspecified atom stereocenters. The number of aromatic nitrogens is 3. The van der Waals surface area contributed by atoms with E-state index in [4.69, 9.17) is 4.98 Å². The maximum atomic E-state index is 12.8. The Hall–Kier alpha value is -2.74. The summed E-state index contributed by atoms with van der Waals surface area (Å²) in [6, 6.07) is 5.74. The molecule has 0 aromatic carbocycles. The van der Waals surface area contributed by atoms with Crippen LogP contribution in [0.3, 0.4) is 0 Å². The van der Waals surface area contributed by atoms with E-state index in [1.54, 1.807) is 28.3 Å². The molecule has 0 radical (unpaired) electrons. The van der Waals surface area contributed by atoms with Crippen LogP contribution in [0.25, 0.3) is 21.6 Å². The van der Waals surface area contributed by atoms with Gasteiger partial charge in [-0.25, -0.2) is 9.67 Å². The Morgan fingerprint density at radius 3 is 2.70 bits per heavy atom. The number of amides is 2. The predicted octanol–water partition coefficient (Wildman–Crippen LogP) is 2.68. The third kappa shape index (κ3) is 4.16. The summed E-state index contributed by atoms with van der Waals surface area (Å²) in [4.78, 5) is 30.1. The van der Waals surface area contributed by atoms with Crippen molar-refractivity contribution in [2.24, 2.45) is 5.92 Å². The summed E-state index contributed by atoms with van der Waals surface area (Å²) in [6.45, 7) is 7.08. The van der Waals surface area contributed by atoms with Gasteiger partial charge in [0.05, 0.1) is 27.7 Å². The van der Waals surface area contributed by atoms with Crippen LogP contribution in [0, 0.1) is 5.92 Å². The van der Waals surface area contributed by atoms with Gasteiger partial charge >= 0.3 is 0 Å². The zero-order chi connectivity index (χ0) is 19.4. The number of thiophene rings is 1. The predicted molar refractivity (Wildman–Crippen MR) is 107 cm³/mol. The van der Waals surface area contributed by atoms with Gasteiger partial charge in [-0.05, 0) is 24.4 Å². The third-order valence-corrected chi connectivity index (χ3v) is 5.05. The molecule has 3 aromatic heterocycles. The molecule has 0 aliphatic rings. The van der Waals surface area contributed by atoms with Gasteiger partial charge in [0.2, 0.25) is 5.91 Å². The molecule has 8 heteroatoms. The number of rotatable bonds is 7. The minimum absolute atomic E-state index is 0.0280. The second-order valence-electron chi connectivity index (χ2n) is 6.43. The molecule has 0 fully saturated rings. The monoisotopic (exact) mass is 385 g/mol. The Bertz CT molecular complexity index is 947. The van der Waals surface area contributed by atoms with E-state index >= 15 is 0 Å². The topological polar surface area (TPSA) is 88.9 Å². The fraction of sp³-hybridized carbons (Fsp3) is 0.368. The second-order valence-corrected chi connectivity index (χ2v) is 7.38. The summed E-state index contributed by atoms with van der Waals surface area (Å²) in [5.74, 6) is -0.303.